The van der Waals surface area contributed by atoms with Gasteiger partial charge in [0.25, 0.3) is 0 Å². The Morgan fingerprint density at radius 1 is 1.08 bits per heavy atom. The van der Waals surface area contributed by atoms with E-state index >= 15 is 0 Å². The maximum absolute atomic E-state index is 12.8. The lowest BCUT2D eigenvalue weighted by Gasteiger charge is -2.35. The first-order chi connectivity index (χ1) is 12.0. The minimum absolute atomic E-state index is 0.0753. The lowest BCUT2D eigenvalue weighted by Crippen LogP contribution is -2.46. The fourth-order valence-corrected chi connectivity index (χ4v) is 3.42. The molecule has 0 aliphatic heterocycles. The molecule has 132 valence electrons. The van der Waals surface area contributed by atoms with Gasteiger partial charge in [0.05, 0.1) is 6.61 Å². The Kier molecular flexibility index (Phi) is 6.21. The number of rotatable bonds is 7. The molecule has 0 fully saturated rings. The van der Waals surface area contributed by atoms with Gasteiger partial charge in [-0.3, -0.25) is 9.59 Å². The highest BCUT2D eigenvalue weighted by atomic mass is 35.5. The van der Waals surface area contributed by atoms with E-state index in [1.54, 1.807) is 50.2 Å². The highest BCUT2D eigenvalue weighted by Gasteiger charge is 2.54. The molecule has 1 N–H and O–H groups in total. The summed E-state index contributed by atoms with van der Waals surface area (Å²) in [6.07, 6.45) is 0.0753. The van der Waals surface area contributed by atoms with E-state index < -0.39 is 23.3 Å². The molecular weight excluding hydrogens is 340 g/mol. The number of halogens is 1. The number of hydrogen-bond acceptors (Lipinski definition) is 3. The molecule has 0 bridgehead atoms. The van der Waals surface area contributed by atoms with Gasteiger partial charge in [0.15, 0.2) is 5.41 Å². The van der Waals surface area contributed by atoms with Crippen molar-refractivity contribution in [3.05, 3.63) is 70.7 Å². The number of carbonyl (C=O) groups excluding carboxylic acids is 1. The van der Waals surface area contributed by atoms with Crippen LogP contribution in [0.2, 0.25) is 5.02 Å². The average Bonchev–Trinajstić information content (AvgIpc) is 2.61. The summed E-state index contributed by atoms with van der Waals surface area (Å²) in [5, 5.41) is 10.5. The Balaban J connectivity index is 2.77. The van der Waals surface area contributed by atoms with Gasteiger partial charge in [0, 0.05) is 10.9 Å². The van der Waals surface area contributed by atoms with E-state index in [4.69, 9.17) is 16.3 Å². The second-order valence-electron chi connectivity index (χ2n) is 5.72. The number of carbonyl (C=O) groups is 2. The molecule has 2 aromatic carbocycles. The van der Waals surface area contributed by atoms with Crippen LogP contribution in [0.4, 0.5) is 0 Å². The number of carboxylic acids is 1. The Labute approximate surface area is 152 Å². The topological polar surface area (TPSA) is 63.6 Å². The highest BCUT2D eigenvalue weighted by Crippen LogP contribution is 2.47. The van der Waals surface area contributed by atoms with E-state index in [1.165, 1.54) is 0 Å². The summed E-state index contributed by atoms with van der Waals surface area (Å²) in [7, 11) is 0. The quantitative estimate of drug-likeness (QED) is 0.582. The molecule has 0 saturated carbocycles. The molecule has 2 aromatic rings. The van der Waals surface area contributed by atoms with Crippen LogP contribution < -0.4 is 0 Å². The number of esters is 1. The van der Waals surface area contributed by atoms with Crippen molar-refractivity contribution in [2.45, 2.75) is 26.2 Å². The normalized spacial score (nSPS) is 14.4. The standard InChI is InChI=1S/C20H21ClO4/c1-3-20(18(22)23,19(24)25-4-2)17(14-10-6-5-7-11-14)15-12-8-9-13-16(15)21/h5-13,17H,3-4H2,1-2H3,(H,22,23). The van der Waals surface area contributed by atoms with Crippen molar-refractivity contribution in [3.63, 3.8) is 0 Å². The predicted molar refractivity (Wildman–Crippen MR) is 96.7 cm³/mol. The van der Waals surface area contributed by atoms with Crippen LogP contribution in [-0.4, -0.2) is 23.7 Å². The molecule has 0 saturated heterocycles. The van der Waals surface area contributed by atoms with Crippen LogP contribution in [0.5, 0.6) is 0 Å². The minimum Gasteiger partial charge on any atom is -0.480 e. The van der Waals surface area contributed by atoms with E-state index in [2.05, 4.69) is 0 Å². The summed E-state index contributed by atoms with van der Waals surface area (Å²) in [6, 6.07) is 16.1. The largest absolute Gasteiger partial charge is 0.480 e. The van der Waals surface area contributed by atoms with Gasteiger partial charge in [-0.1, -0.05) is 67.1 Å². The second-order valence-corrected chi connectivity index (χ2v) is 6.12. The molecule has 0 radical (unpaired) electrons. The van der Waals surface area contributed by atoms with Crippen molar-refractivity contribution in [2.75, 3.05) is 6.61 Å². The number of ether oxygens (including phenoxy) is 1. The monoisotopic (exact) mass is 360 g/mol. The Morgan fingerprint density at radius 2 is 1.68 bits per heavy atom. The van der Waals surface area contributed by atoms with Gasteiger partial charge in [0.2, 0.25) is 0 Å². The van der Waals surface area contributed by atoms with Crippen LogP contribution in [-0.2, 0) is 14.3 Å². The minimum atomic E-state index is -1.76. The molecule has 0 aromatic heterocycles. The van der Waals surface area contributed by atoms with Gasteiger partial charge in [-0.05, 0) is 30.5 Å². The predicted octanol–water partition coefficient (Wildman–Crippen LogP) is 4.52. The molecule has 5 heteroatoms. The van der Waals surface area contributed by atoms with Gasteiger partial charge in [-0.15, -0.1) is 0 Å². The van der Waals surface area contributed by atoms with Crippen LogP contribution in [0.3, 0.4) is 0 Å². The van der Waals surface area contributed by atoms with Crippen molar-refractivity contribution >= 4 is 23.5 Å². The second kappa shape index (κ2) is 8.17. The van der Waals surface area contributed by atoms with Gasteiger partial charge >= 0.3 is 11.9 Å². The smallest absolute Gasteiger partial charge is 0.324 e. The Bertz CT molecular complexity index is 744. The summed E-state index contributed by atoms with van der Waals surface area (Å²) in [4.78, 5) is 25.1. The summed E-state index contributed by atoms with van der Waals surface area (Å²) in [6.45, 7) is 3.45. The van der Waals surface area contributed by atoms with Gasteiger partial charge in [-0.25, -0.2) is 0 Å². The molecule has 2 rings (SSSR count). The first-order valence-electron chi connectivity index (χ1n) is 8.19. The van der Waals surface area contributed by atoms with E-state index in [0.29, 0.717) is 16.1 Å². The van der Waals surface area contributed by atoms with Gasteiger partial charge in [-0.2, -0.15) is 0 Å². The zero-order valence-corrected chi connectivity index (χ0v) is 15.0. The fourth-order valence-electron chi connectivity index (χ4n) is 3.17. The number of hydrogen-bond donors (Lipinski definition) is 1. The van der Waals surface area contributed by atoms with Gasteiger partial charge in [0.1, 0.15) is 0 Å². The molecule has 0 aliphatic carbocycles. The maximum atomic E-state index is 12.8. The van der Waals surface area contributed by atoms with Crippen LogP contribution in [0.25, 0.3) is 0 Å². The number of carboxylic acid groups (broad SMARTS) is 1. The molecular formula is C20H21ClO4. The summed E-state index contributed by atoms with van der Waals surface area (Å²) < 4.78 is 5.16. The zero-order chi connectivity index (χ0) is 18.4. The van der Waals surface area contributed by atoms with E-state index in [1.807, 2.05) is 18.2 Å². The van der Waals surface area contributed by atoms with Crippen LogP contribution in [0, 0.1) is 5.41 Å². The molecule has 25 heavy (non-hydrogen) atoms. The average molecular weight is 361 g/mol. The summed E-state index contributed by atoms with van der Waals surface area (Å²) >= 11 is 6.37. The first-order valence-corrected chi connectivity index (χ1v) is 8.56. The molecule has 2 unspecified atom stereocenters. The Morgan fingerprint density at radius 3 is 2.20 bits per heavy atom. The highest BCUT2D eigenvalue weighted by molar-refractivity contribution is 6.31. The van der Waals surface area contributed by atoms with Crippen LogP contribution >= 0.6 is 11.6 Å². The van der Waals surface area contributed by atoms with E-state index in [0.717, 1.165) is 0 Å². The van der Waals surface area contributed by atoms with Crippen molar-refractivity contribution in [1.29, 1.82) is 0 Å². The molecule has 0 aliphatic rings. The first kappa shape index (κ1) is 19.0. The fraction of sp³-hybridized carbons (Fsp3) is 0.300. The SMILES string of the molecule is CCOC(=O)C(CC)(C(=O)O)C(c1ccccc1)c1ccccc1Cl. The van der Waals surface area contributed by atoms with Crippen molar-refractivity contribution in [2.24, 2.45) is 5.41 Å². The molecule has 0 amide bonds. The third-order valence-corrected chi connectivity index (χ3v) is 4.77. The maximum Gasteiger partial charge on any atom is 0.324 e. The van der Waals surface area contributed by atoms with E-state index in [-0.39, 0.29) is 13.0 Å². The molecule has 0 heterocycles. The molecule has 2 atom stereocenters. The zero-order valence-electron chi connectivity index (χ0n) is 14.2. The van der Waals surface area contributed by atoms with Crippen molar-refractivity contribution < 1.29 is 19.4 Å². The molecule has 4 nitrogen and oxygen atoms in total. The van der Waals surface area contributed by atoms with Crippen molar-refractivity contribution in [3.8, 4) is 0 Å². The number of aliphatic carboxylic acids is 1. The molecule has 0 spiro atoms. The van der Waals surface area contributed by atoms with Crippen LogP contribution in [0.15, 0.2) is 54.6 Å². The summed E-state index contributed by atoms with van der Waals surface area (Å²) in [5.74, 6) is -2.73. The summed E-state index contributed by atoms with van der Waals surface area (Å²) in [5.41, 5.74) is -0.469. The van der Waals surface area contributed by atoms with Crippen LogP contribution in [0.1, 0.15) is 37.3 Å². The van der Waals surface area contributed by atoms with Gasteiger partial charge < -0.3 is 9.84 Å². The van der Waals surface area contributed by atoms with E-state index in [9.17, 15) is 14.7 Å². The van der Waals surface area contributed by atoms with Crippen molar-refractivity contribution in [1.82, 2.24) is 0 Å². The number of benzene rings is 2. The lowest BCUT2D eigenvalue weighted by atomic mass is 9.67. The third-order valence-electron chi connectivity index (χ3n) is 4.42. The third kappa shape index (κ3) is 3.54. The Hall–Kier alpha value is -2.33. The lowest BCUT2D eigenvalue weighted by molar-refractivity contribution is -0.170.